The molecule has 112 valence electrons. The number of rotatable bonds is 5. The van der Waals surface area contributed by atoms with Crippen molar-refractivity contribution in [2.24, 2.45) is 5.92 Å². The Labute approximate surface area is 129 Å². The Kier molecular flexibility index (Phi) is 5.02. The fourth-order valence-corrected chi connectivity index (χ4v) is 3.16. The maximum absolute atomic E-state index is 11.8. The van der Waals surface area contributed by atoms with Crippen LogP contribution < -0.4 is 5.73 Å². The first-order chi connectivity index (χ1) is 10.0. The molecule has 0 atom stereocenters. The summed E-state index contributed by atoms with van der Waals surface area (Å²) in [6.07, 6.45) is 1.07. The zero-order chi connectivity index (χ0) is 15.4. The maximum atomic E-state index is 11.8. The lowest BCUT2D eigenvalue weighted by atomic mass is 10.0. The van der Waals surface area contributed by atoms with Crippen molar-refractivity contribution in [3.05, 3.63) is 40.8 Å². The highest BCUT2D eigenvalue weighted by Gasteiger charge is 2.16. The van der Waals surface area contributed by atoms with E-state index in [0.717, 1.165) is 16.9 Å². The first-order valence-corrected chi connectivity index (χ1v) is 7.98. The Morgan fingerprint density at radius 1 is 1.29 bits per heavy atom. The number of carbonyl (C=O) groups excluding carboxylic acids is 1. The molecule has 0 saturated carbocycles. The molecule has 0 aliphatic heterocycles. The smallest absolute Gasteiger partial charge is 0.350 e. The van der Waals surface area contributed by atoms with Gasteiger partial charge in [-0.2, -0.15) is 0 Å². The Morgan fingerprint density at radius 3 is 2.52 bits per heavy atom. The second-order valence-electron chi connectivity index (χ2n) is 5.41. The van der Waals surface area contributed by atoms with Crippen molar-refractivity contribution in [2.45, 2.75) is 27.2 Å². The Balaban J connectivity index is 2.22. The molecule has 1 heterocycles. The number of anilines is 1. The van der Waals surface area contributed by atoms with E-state index in [-0.39, 0.29) is 5.97 Å². The lowest BCUT2D eigenvalue weighted by Crippen LogP contribution is -2.04. The molecule has 4 heteroatoms. The van der Waals surface area contributed by atoms with E-state index in [0.29, 0.717) is 23.1 Å². The van der Waals surface area contributed by atoms with E-state index in [2.05, 4.69) is 38.1 Å². The monoisotopic (exact) mass is 303 g/mol. The van der Waals surface area contributed by atoms with Crippen LogP contribution in [0.15, 0.2) is 30.3 Å². The third kappa shape index (κ3) is 3.85. The minimum absolute atomic E-state index is 0.345. The van der Waals surface area contributed by atoms with Crippen LogP contribution in [0.3, 0.4) is 0 Å². The SMILES string of the molecule is CCOC(=O)c1sc(-c2ccc(CC(C)C)cc2)cc1N. The molecule has 1 aromatic heterocycles. The highest BCUT2D eigenvalue weighted by atomic mass is 32.1. The molecule has 0 fully saturated rings. The predicted octanol–water partition coefficient (Wildman–Crippen LogP) is 4.37. The van der Waals surface area contributed by atoms with Gasteiger partial charge in [-0.3, -0.25) is 0 Å². The lowest BCUT2D eigenvalue weighted by Gasteiger charge is -2.05. The molecule has 0 saturated heterocycles. The van der Waals surface area contributed by atoms with Crippen molar-refractivity contribution >= 4 is 23.0 Å². The van der Waals surface area contributed by atoms with E-state index in [1.807, 2.05) is 6.07 Å². The first-order valence-electron chi connectivity index (χ1n) is 7.17. The van der Waals surface area contributed by atoms with Gasteiger partial charge in [0, 0.05) is 4.88 Å². The standard InChI is InChI=1S/C17H21NO2S/c1-4-20-17(19)16-14(18)10-15(21-16)13-7-5-12(6-8-13)9-11(2)3/h5-8,10-11H,4,9,18H2,1-3H3. The van der Waals surface area contributed by atoms with Gasteiger partial charge in [0.05, 0.1) is 12.3 Å². The molecule has 2 rings (SSSR count). The van der Waals surface area contributed by atoms with Gasteiger partial charge in [-0.15, -0.1) is 11.3 Å². The average Bonchev–Trinajstić information content (AvgIpc) is 2.81. The number of nitrogens with two attached hydrogens (primary N) is 1. The van der Waals surface area contributed by atoms with Gasteiger partial charge in [-0.25, -0.2) is 4.79 Å². The van der Waals surface area contributed by atoms with E-state index in [4.69, 9.17) is 10.5 Å². The highest BCUT2D eigenvalue weighted by Crippen LogP contribution is 2.33. The predicted molar refractivity (Wildman–Crippen MR) is 88.7 cm³/mol. The van der Waals surface area contributed by atoms with Crippen LogP contribution in [0.5, 0.6) is 0 Å². The van der Waals surface area contributed by atoms with Crippen LogP contribution in [0, 0.1) is 5.92 Å². The topological polar surface area (TPSA) is 52.3 Å². The fourth-order valence-electron chi connectivity index (χ4n) is 2.18. The molecule has 0 spiro atoms. The van der Waals surface area contributed by atoms with Crippen molar-refractivity contribution in [1.82, 2.24) is 0 Å². The van der Waals surface area contributed by atoms with E-state index < -0.39 is 0 Å². The van der Waals surface area contributed by atoms with Gasteiger partial charge < -0.3 is 10.5 Å². The first kappa shape index (κ1) is 15.6. The highest BCUT2D eigenvalue weighted by molar-refractivity contribution is 7.18. The van der Waals surface area contributed by atoms with Crippen LogP contribution in [0.25, 0.3) is 10.4 Å². The van der Waals surface area contributed by atoms with Crippen molar-refractivity contribution in [3.8, 4) is 10.4 Å². The minimum atomic E-state index is -0.345. The Bertz CT molecular complexity index is 614. The molecule has 2 N–H and O–H groups in total. The molecule has 0 aliphatic carbocycles. The van der Waals surface area contributed by atoms with Gasteiger partial charge in [0.15, 0.2) is 0 Å². The van der Waals surface area contributed by atoms with E-state index in [1.54, 1.807) is 6.92 Å². The number of thiophene rings is 1. The van der Waals surface area contributed by atoms with Crippen molar-refractivity contribution in [1.29, 1.82) is 0 Å². The number of carbonyl (C=O) groups is 1. The van der Waals surface area contributed by atoms with E-state index >= 15 is 0 Å². The van der Waals surface area contributed by atoms with Gasteiger partial charge in [0.1, 0.15) is 4.88 Å². The number of benzene rings is 1. The second-order valence-corrected chi connectivity index (χ2v) is 6.46. The van der Waals surface area contributed by atoms with Crippen molar-refractivity contribution in [3.63, 3.8) is 0 Å². The molecule has 0 bridgehead atoms. The summed E-state index contributed by atoms with van der Waals surface area (Å²) in [6, 6.07) is 10.3. The molecule has 1 aromatic carbocycles. The van der Waals surface area contributed by atoms with Crippen LogP contribution in [0.1, 0.15) is 36.0 Å². The number of esters is 1. The third-order valence-electron chi connectivity index (χ3n) is 3.10. The van der Waals surface area contributed by atoms with Crippen molar-refractivity contribution < 1.29 is 9.53 Å². The summed E-state index contributed by atoms with van der Waals surface area (Å²) >= 11 is 1.38. The van der Waals surface area contributed by atoms with E-state index in [1.165, 1.54) is 16.9 Å². The average molecular weight is 303 g/mol. The van der Waals surface area contributed by atoms with Crippen LogP contribution in [-0.4, -0.2) is 12.6 Å². The Morgan fingerprint density at radius 2 is 1.95 bits per heavy atom. The summed E-state index contributed by atoms with van der Waals surface area (Å²) in [5, 5.41) is 0. The third-order valence-corrected chi connectivity index (χ3v) is 4.28. The molecule has 2 aromatic rings. The minimum Gasteiger partial charge on any atom is -0.462 e. The second kappa shape index (κ2) is 6.76. The summed E-state index contributed by atoms with van der Waals surface area (Å²) in [7, 11) is 0. The zero-order valence-electron chi connectivity index (χ0n) is 12.7. The van der Waals surface area contributed by atoms with Crippen molar-refractivity contribution in [2.75, 3.05) is 12.3 Å². The number of nitrogen functional groups attached to an aromatic ring is 1. The summed E-state index contributed by atoms with van der Waals surface area (Å²) < 4.78 is 5.01. The molecule has 3 nitrogen and oxygen atoms in total. The molecular formula is C17H21NO2S. The van der Waals surface area contributed by atoms with Gasteiger partial charge >= 0.3 is 5.97 Å². The largest absolute Gasteiger partial charge is 0.462 e. The van der Waals surface area contributed by atoms with Gasteiger partial charge in [0.25, 0.3) is 0 Å². The molecule has 0 unspecified atom stereocenters. The quantitative estimate of drug-likeness (QED) is 0.834. The van der Waals surface area contributed by atoms with Crippen LogP contribution in [0.4, 0.5) is 5.69 Å². The molecule has 0 aliphatic rings. The Hall–Kier alpha value is -1.81. The number of hydrogen-bond donors (Lipinski definition) is 1. The number of hydrogen-bond acceptors (Lipinski definition) is 4. The summed E-state index contributed by atoms with van der Waals surface area (Å²) in [6.45, 7) is 6.56. The molecular weight excluding hydrogens is 282 g/mol. The van der Waals surface area contributed by atoms with Gasteiger partial charge in [-0.1, -0.05) is 38.1 Å². The van der Waals surface area contributed by atoms with Crippen LogP contribution >= 0.6 is 11.3 Å². The zero-order valence-corrected chi connectivity index (χ0v) is 13.5. The molecule has 21 heavy (non-hydrogen) atoms. The maximum Gasteiger partial charge on any atom is 0.350 e. The molecule has 0 radical (unpaired) electrons. The summed E-state index contributed by atoms with van der Waals surface area (Å²) in [5.41, 5.74) is 8.80. The fraction of sp³-hybridized carbons (Fsp3) is 0.353. The number of ether oxygens (including phenoxy) is 1. The van der Waals surface area contributed by atoms with Crippen LogP contribution in [0.2, 0.25) is 0 Å². The van der Waals surface area contributed by atoms with Crippen LogP contribution in [-0.2, 0) is 11.2 Å². The van der Waals surface area contributed by atoms with Gasteiger partial charge in [-0.05, 0) is 36.5 Å². The van der Waals surface area contributed by atoms with E-state index in [9.17, 15) is 4.79 Å². The summed E-state index contributed by atoms with van der Waals surface area (Å²) in [5.74, 6) is 0.298. The van der Waals surface area contributed by atoms with Gasteiger partial charge in [0.2, 0.25) is 0 Å². The molecule has 0 amide bonds. The summed E-state index contributed by atoms with van der Waals surface area (Å²) in [4.78, 5) is 13.3. The lowest BCUT2D eigenvalue weighted by molar-refractivity contribution is 0.0533. The normalized spacial score (nSPS) is 10.9.